The highest BCUT2D eigenvalue weighted by molar-refractivity contribution is 7.09. The number of carboxylic acids is 1. The van der Waals surface area contributed by atoms with Gasteiger partial charge in [-0.2, -0.15) is 0 Å². The van der Waals surface area contributed by atoms with Gasteiger partial charge in [-0.25, -0.2) is 4.98 Å². The van der Waals surface area contributed by atoms with Crippen LogP contribution in [0.1, 0.15) is 53.1 Å². The molecule has 2 aromatic heterocycles. The van der Waals surface area contributed by atoms with Crippen LogP contribution in [0, 0.1) is 6.92 Å². The lowest BCUT2D eigenvalue weighted by Crippen LogP contribution is -2.23. The monoisotopic (exact) mass is 546 g/mol. The van der Waals surface area contributed by atoms with Crippen LogP contribution in [-0.4, -0.2) is 28.6 Å². The highest BCUT2D eigenvalue weighted by Gasteiger charge is 2.13. The Morgan fingerprint density at radius 3 is 2.59 bits per heavy atom. The third-order valence-corrected chi connectivity index (χ3v) is 7.38. The van der Waals surface area contributed by atoms with Crippen molar-refractivity contribution < 1.29 is 23.8 Å². The van der Waals surface area contributed by atoms with E-state index in [0.29, 0.717) is 44.1 Å². The molecule has 8 heteroatoms. The molecule has 0 spiro atoms. The maximum absolute atomic E-state index is 12.5. The van der Waals surface area contributed by atoms with E-state index in [4.69, 9.17) is 14.3 Å². The standard InChI is InChI=1S/C31H34N2O5S/c1-22-28(33-31(38-22)24-8-3-2-4-9-24)17-18-37-26-15-13-23(14-16-30(35)36)25(20-26)21-32-29(34)12-6-5-10-27-11-7-19-39-27/h2-4,7-9,11,13,15,19-20H,5-6,10,12,14,16-18,21H2,1H3,(H,32,34)(H,35,36). The fraction of sp³-hybridized carbons (Fsp3) is 0.323. The third kappa shape index (κ3) is 8.82. The molecule has 0 aliphatic heterocycles. The van der Waals surface area contributed by atoms with Gasteiger partial charge in [0.05, 0.1) is 12.3 Å². The number of thiophene rings is 1. The Kier molecular flexibility index (Phi) is 10.3. The van der Waals surface area contributed by atoms with Crippen LogP contribution in [0.2, 0.25) is 0 Å². The highest BCUT2D eigenvalue weighted by atomic mass is 32.1. The van der Waals surface area contributed by atoms with E-state index in [2.05, 4.69) is 21.7 Å². The van der Waals surface area contributed by atoms with Gasteiger partial charge < -0.3 is 19.6 Å². The van der Waals surface area contributed by atoms with Crippen LogP contribution in [0.3, 0.4) is 0 Å². The molecule has 204 valence electrons. The van der Waals surface area contributed by atoms with Crippen molar-refractivity contribution in [1.29, 1.82) is 0 Å². The number of carbonyl (C=O) groups is 2. The number of carbonyl (C=O) groups excluding carboxylic acids is 1. The number of rotatable bonds is 15. The summed E-state index contributed by atoms with van der Waals surface area (Å²) in [7, 11) is 0. The van der Waals surface area contributed by atoms with Crippen molar-refractivity contribution in [2.75, 3.05) is 6.61 Å². The van der Waals surface area contributed by atoms with E-state index in [1.54, 1.807) is 11.3 Å². The maximum atomic E-state index is 12.5. The first-order chi connectivity index (χ1) is 19.0. The molecule has 7 nitrogen and oxygen atoms in total. The number of unbranched alkanes of at least 4 members (excludes halogenated alkanes) is 1. The van der Waals surface area contributed by atoms with Gasteiger partial charge in [-0.05, 0) is 79.4 Å². The Labute approximate surface area is 232 Å². The second-order valence-electron chi connectivity index (χ2n) is 9.37. The predicted molar refractivity (Wildman–Crippen MR) is 152 cm³/mol. The van der Waals surface area contributed by atoms with E-state index < -0.39 is 5.97 Å². The zero-order valence-electron chi connectivity index (χ0n) is 22.2. The zero-order chi connectivity index (χ0) is 27.5. The van der Waals surface area contributed by atoms with Crippen molar-refractivity contribution in [2.24, 2.45) is 0 Å². The third-order valence-electron chi connectivity index (χ3n) is 6.44. The second kappa shape index (κ2) is 14.3. The molecule has 0 bridgehead atoms. The fourth-order valence-corrected chi connectivity index (χ4v) is 5.04. The number of aliphatic carboxylic acids is 1. The molecular formula is C31H34N2O5S. The number of benzene rings is 2. The van der Waals surface area contributed by atoms with E-state index in [-0.39, 0.29) is 12.3 Å². The zero-order valence-corrected chi connectivity index (χ0v) is 23.0. The fourth-order valence-electron chi connectivity index (χ4n) is 4.29. The Morgan fingerprint density at radius 2 is 1.82 bits per heavy atom. The highest BCUT2D eigenvalue weighted by Crippen LogP contribution is 2.23. The molecule has 2 aromatic carbocycles. The number of ether oxygens (including phenoxy) is 1. The van der Waals surface area contributed by atoms with Crippen molar-refractivity contribution in [3.8, 4) is 17.2 Å². The van der Waals surface area contributed by atoms with Crippen molar-refractivity contribution in [2.45, 2.75) is 58.4 Å². The van der Waals surface area contributed by atoms with Crippen LogP contribution in [-0.2, 0) is 35.4 Å². The average molecular weight is 547 g/mol. The molecule has 2 heterocycles. The van der Waals surface area contributed by atoms with Crippen molar-refractivity contribution >= 4 is 23.2 Å². The summed E-state index contributed by atoms with van der Waals surface area (Å²) in [6.07, 6.45) is 4.26. The first kappa shape index (κ1) is 28.1. The molecule has 0 radical (unpaired) electrons. The summed E-state index contributed by atoms with van der Waals surface area (Å²) in [6.45, 7) is 2.64. The van der Waals surface area contributed by atoms with E-state index in [1.165, 1.54) is 4.88 Å². The molecule has 0 fully saturated rings. The van der Waals surface area contributed by atoms with E-state index in [1.807, 2.05) is 61.5 Å². The van der Waals surface area contributed by atoms with Crippen LogP contribution in [0.15, 0.2) is 70.5 Å². The lowest BCUT2D eigenvalue weighted by atomic mass is 10.0. The number of hydrogen-bond donors (Lipinski definition) is 2. The van der Waals surface area contributed by atoms with Crippen molar-refractivity contribution in [1.82, 2.24) is 10.3 Å². The number of amides is 1. The Hall–Kier alpha value is -3.91. The van der Waals surface area contributed by atoms with Gasteiger partial charge >= 0.3 is 5.97 Å². The quantitative estimate of drug-likeness (QED) is 0.168. The molecule has 0 unspecified atom stereocenters. The van der Waals surface area contributed by atoms with Crippen LogP contribution in [0.4, 0.5) is 0 Å². The molecule has 4 rings (SSSR count). The Morgan fingerprint density at radius 1 is 0.974 bits per heavy atom. The van der Waals surface area contributed by atoms with Gasteiger partial charge in [-0.1, -0.05) is 30.3 Å². The SMILES string of the molecule is Cc1oc(-c2ccccc2)nc1CCOc1ccc(CCC(=O)O)c(CNC(=O)CCCCc2cccs2)c1. The lowest BCUT2D eigenvalue weighted by Gasteiger charge is -2.13. The van der Waals surface area contributed by atoms with Gasteiger partial charge in [-0.3, -0.25) is 9.59 Å². The van der Waals surface area contributed by atoms with Crippen molar-refractivity contribution in [3.05, 3.63) is 93.5 Å². The van der Waals surface area contributed by atoms with E-state index >= 15 is 0 Å². The van der Waals surface area contributed by atoms with Gasteiger partial charge in [0, 0.05) is 36.2 Å². The molecule has 0 saturated heterocycles. The summed E-state index contributed by atoms with van der Waals surface area (Å²) in [4.78, 5) is 29.6. The van der Waals surface area contributed by atoms with Gasteiger partial charge in [0.1, 0.15) is 11.5 Å². The number of hydrogen-bond acceptors (Lipinski definition) is 6. The number of nitrogens with zero attached hydrogens (tertiary/aromatic N) is 1. The minimum atomic E-state index is -0.853. The Bertz CT molecular complexity index is 1350. The summed E-state index contributed by atoms with van der Waals surface area (Å²) in [5.74, 6) is 1.16. The Balaban J connectivity index is 1.31. The molecule has 0 atom stereocenters. The van der Waals surface area contributed by atoms with Crippen LogP contribution < -0.4 is 10.1 Å². The van der Waals surface area contributed by atoms with E-state index in [9.17, 15) is 9.59 Å². The molecule has 2 N–H and O–H groups in total. The number of aromatic nitrogens is 1. The van der Waals surface area contributed by atoms with Gasteiger partial charge in [0.2, 0.25) is 11.8 Å². The van der Waals surface area contributed by atoms with Gasteiger partial charge in [0.25, 0.3) is 0 Å². The average Bonchev–Trinajstić information content (AvgIpc) is 3.59. The van der Waals surface area contributed by atoms with Crippen LogP contribution >= 0.6 is 11.3 Å². The van der Waals surface area contributed by atoms with Gasteiger partial charge in [-0.15, -0.1) is 11.3 Å². The maximum Gasteiger partial charge on any atom is 0.303 e. The summed E-state index contributed by atoms with van der Waals surface area (Å²) >= 11 is 1.74. The molecular weight excluding hydrogens is 512 g/mol. The number of carboxylic acid groups (broad SMARTS) is 1. The smallest absolute Gasteiger partial charge is 0.303 e. The minimum Gasteiger partial charge on any atom is -0.493 e. The molecule has 0 aliphatic carbocycles. The van der Waals surface area contributed by atoms with Crippen LogP contribution in [0.5, 0.6) is 5.75 Å². The molecule has 39 heavy (non-hydrogen) atoms. The molecule has 4 aromatic rings. The molecule has 1 amide bonds. The van der Waals surface area contributed by atoms with Crippen molar-refractivity contribution in [3.63, 3.8) is 0 Å². The van der Waals surface area contributed by atoms with E-state index in [0.717, 1.165) is 47.4 Å². The van der Waals surface area contributed by atoms with Gasteiger partial charge in [0.15, 0.2) is 0 Å². The minimum absolute atomic E-state index is 0.00702. The molecule has 0 aliphatic rings. The number of aryl methyl sites for hydroxylation is 3. The largest absolute Gasteiger partial charge is 0.493 e. The number of oxazole rings is 1. The normalized spacial score (nSPS) is 10.9. The summed E-state index contributed by atoms with van der Waals surface area (Å²) in [5.41, 5.74) is 3.53. The van der Waals surface area contributed by atoms with Crippen LogP contribution in [0.25, 0.3) is 11.5 Å². The summed E-state index contributed by atoms with van der Waals surface area (Å²) in [5, 5.41) is 14.2. The second-order valence-corrected chi connectivity index (χ2v) is 10.4. The number of nitrogens with one attached hydrogen (secondary N) is 1. The first-order valence-electron chi connectivity index (χ1n) is 13.2. The lowest BCUT2D eigenvalue weighted by molar-refractivity contribution is -0.137. The predicted octanol–water partition coefficient (Wildman–Crippen LogP) is 6.38. The summed E-state index contributed by atoms with van der Waals surface area (Å²) in [6, 6.07) is 19.6. The first-order valence-corrected chi connectivity index (χ1v) is 14.1. The topological polar surface area (TPSA) is 102 Å². The molecule has 0 saturated carbocycles. The summed E-state index contributed by atoms with van der Waals surface area (Å²) < 4.78 is 11.9.